The molecule has 4 nitrogen and oxygen atoms in total. The summed E-state index contributed by atoms with van der Waals surface area (Å²) in [5.41, 5.74) is 5.75. The fourth-order valence-electron chi connectivity index (χ4n) is 1.55. The number of hydrogen-bond acceptors (Lipinski definition) is 4. The van der Waals surface area contributed by atoms with Crippen molar-refractivity contribution >= 4 is 9.84 Å². The quantitative estimate of drug-likeness (QED) is 0.609. The highest BCUT2D eigenvalue weighted by atomic mass is 32.2. The number of unbranched alkanes of at least 4 members (excludes halogenated alkanes) is 1. The minimum atomic E-state index is -2.89. The Labute approximate surface area is 106 Å². The van der Waals surface area contributed by atoms with Crippen LogP contribution < -0.4 is 5.73 Å². The monoisotopic (exact) mass is 265 g/mol. The van der Waals surface area contributed by atoms with Crippen LogP contribution in [0.2, 0.25) is 0 Å². The van der Waals surface area contributed by atoms with Crippen molar-refractivity contribution in [2.45, 2.75) is 39.5 Å². The van der Waals surface area contributed by atoms with E-state index in [1.54, 1.807) is 7.11 Å². The Bertz CT molecular complexity index is 286. The molecule has 0 spiro atoms. The molecule has 0 aromatic heterocycles. The van der Waals surface area contributed by atoms with Crippen LogP contribution in [0, 0.1) is 5.41 Å². The third-order valence-corrected chi connectivity index (χ3v) is 4.74. The van der Waals surface area contributed by atoms with Gasteiger partial charge in [0.1, 0.15) is 9.84 Å². The third-order valence-electron chi connectivity index (χ3n) is 2.92. The number of methoxy groups -OCH3 is 1. The van der Waals surface area contributed by atoms with Crippen LogP contribution in [-0.4, -0.2) is 40.2 Å². The van der Waals surface area contributed by atoms with Crippen molar-refractivity contribution in [2.24, 2.45) is 11.1 Å². The molecule has 0 aliphatic heterocycles. The molecule has 0 aromatic rings. The highest BCUT2D eigenvalue weighted by Gasteiger charge is 2.16. The van der Waals surface area contributed by atoms with Crippen LogP contribution in [0.25, 0.3) is 0 Å². The summed E-state index contributed by atoms with van der Waals surface area (Å²) < 4.78 is 28.1. The predicted octanol–water partition coefficient (Wildman–Crippen LogP) is 1.59. The first-order chi connectivity index (χ1) is 7.83. The van der Waals surface area contributed by atoms with Crippen LogP contribution in [0.1, 0.15) is 39.5 Å². The lowest BCUT2D eigenvalue weighted by Crippen LogP contribution is -2.23. The van der Waals surface area contributed by atoms with Gasteiger partial charge in [-0.15, -0.1) is 0 Å². The van der Waals surface area contributed by atoms with E-state index >= 15 is 0 Å². The lowest BCUT2D eigenvalue weighted by molar-refractivity contribution is 0.199. The van der Waals surface area contributed by atoms with Crippen molar-refractivity contribution in [3.8, 4) is 0 Å². The molecule has 0 rings (SSSR count). The molecule has 0 saturated carbocycles. The maximum Gasteiger partial charge on any atom is 0.150 e. The van der Waals surface area contributed by atoms with Gasteiger partial charge in [-0.3, -0.25) is 0 Å². The number of nitrogens with two attached hydrogens (primary N) is 1. The summed E-state index contributed by atoms with van der Waals surface area (Å²) in [4.78, 5) is 0. The van der Waals surface area contributed by atoms with E-state index in [9.17, 15) is 8.42 Å². The average molecular weight is 265 g/mol. The zero-order valence-electron chi connectivity index (χ0n) is 11.4. The highest BCUT2D eigenvalue weighted by Crippen LogP contribution is 2.21. The molecule has 0 atom stereocenters. The summed E-state index contributed by atoms with van der Waals surface area (Å²) in [6.45, 7) is 5.38. The fraction of sp³-hybridized carbons (Fsp3) is 1.00. The Balaban J connectivity index is 3.73. The molecule has 0 aliphatic carbocycles. The lowest BCUT2D eigenvalue weighted by atomic mass is 9.88. The molecule has 5 heteroatoms. The predicted molar refractivity (Wildman–Crippen MR) is 71.8 cm³/mol. The first kappa shape index (κ1) is 16.9. The maximum atomic E-state index is 11.6. The molecule has 104 valence electrons. The largest absolute Gasteiger partial charge is 0.385 e. The van der Waals surface area contributed by atoms with Crippen molar-refractivity contribution in [1.82, 2.24) is 0 Å². The Hall–Kier alpha value is -0.130. The number of hydrogen-bond donors (Lipinski definition) is 1. The van der Waals surface area contributed by atoms with Crippen LogP contribution in [0.3, 0.4) is 0 Å². The highest BCUT2D eigenvalue weighted by molar-refractivity contribution is 7.91. The van der Waals surface area contributed by atoms with E-state index in [0.29, 0.717) is 19.6 Å². The first-order valence-corrected chi connectivity index (χ1v) is 8.04. The van der Waals surface area contributed by atoms with Crippen LogP contribution in [0.4, 0.5) is 0 Å². The van der Waals surface area contributed by atoms with Gasteiger partial charge in [-0.1, -0.05) is 20.3 Å². The minimum Gasteiger partial charge on any atom is -0.385 e. The van der Waals surface area contributed by atoms with E-state index < -0.39 is 9.84 Å². The second-order valence-electron chi connectivity index (χ2n) is 5.32. The van der Waals surface area contributed by atoms with Gasteiger partial charge in [-0.05, 0) is 31.2 Å². The van der Waals surface area contributed by atoms with Gasteiger partial charge >= 0.3 is 0 Å². The summed E-state index contributed by atoms with van der Waals surface area (Å²) in [6, 6.07) is 0. The standard InChI is InChI=1S/C12H27NO3S/c1-12(2,11-13)7-4-5-9-17(14,15)10-6-8-16-3/h4-11,13H2,1-3H3. The molecule has 0 bridgehead atoms. The van der Waals surface area contributed by atoms with Crippen molar-refractivity contribution in [3.05, 3.63) is 0 Å². The topological polar surface area (TPSA) is 69.4 Å². The molecular formula is C12H27NO3S. The molecule has 17 heavy (non-hydrogen) atoms. The summed E-state index contributed by atoms with van der Waals surface area (Å²) in [5.74, 6) is 0.526. The zero-order chi connectivity index (χ0) is 13.4. The summed E-state index contributed by atoms with van der Waals surface area (Å²) in [6.07, 6.45) is 3.23. The number of rotatable bonds is 10. The summed E-state index contributed by atoms with van der Waals surface area (Å²) >= 11 is 0. The SMILES string of the molecule is COCCCS(=O)(=O)CCCCC(C)(C)CN. The van der Waals surface area contributed by atoms with Gasteiger partial charge in [0.15, 0.2) is 0 Å². The molecule has 0 radical (unpaired) electrons. The molecule has 0 heterocycles. The second-order valence-corrected chi connectivity index (χ2v) is 7.63. The molecular weight excluding hydrogens is 238 g/mol. The van der Waals surface area contributed by atoms with Crippen molar-refractivity contribution < 1.29 is 13.2 Å². The molecule has 0 fully saturated rings. The molecule has 0 aliphatic rings. The van der Waals surface area contributed by atoms with Gasteiger partial charge in [0.2, 0.25) is 0 Å². The van der Waals surface area contributed by atoms with Gasteiger partial charge in [0.05, 0.1) is 11.5 Å². The van der Waals surface area contributed by atoms with E-state index in [1.807, 2.05) is 0 Å². The first-order valence-electron chi connectivity index (χ1n) is 6.22. The molecule has 0 aromatic carbocycles. The third kappa shape index (κ3) is 9.56. The van der Waals surface area contributed by atoms with E-state index in [4.69, 9.17) is 10.5 Å². The Kier molecular flexibility index (Phi) is 8.00. The van der Waals surface area contributed by atoms with Crippen molar-refractivity contribution in [2.75, 3.05) is 31.8 Å². The molecule has 2 N–H and O–H groups in total. The minimum absolute atomic E-state index is 0.125. The Morgan fingerprint density at radius 3 is 2.24 bits per heavy atom. The van der Waals surface area contributed by atoms with Gasteiger partial charge < -0.3 is 10.5 Å². The second kappa shape index (κ2) is 8.06. The van der Waals surface area contributed by atoms with Gasteiger partial charge in [0.25, 0.3) is 0 Å². The number of ether oxygens (including phenoxy) is 1. The lowest BCUT2D eigenvalue weighted by Gasteiger charge is -2.21. The molecule has 0 amide bonds. The van der Waals surface area contributed by atoms with Gasteiger partial charge in [-0.2, -0.15) is 0 Å². The van der Waals surface area contributed by atoms with E-state index in [1.165, 1.54) is 0 Å². The van der Waals surface area contributed by atoms with Crippen molar-refractivity contribution in [3.63, 3.8) is 0 Å². The van der Waals surface area contributed by atoms with E-state index in [0.717, 1.165) is 19.3 Å². The molecule has 0 unspecified atom stereocenters. The smallest absolute Gasteiger partial charge is 0.150 e. The fourth-order valence-corrected chi connectivity index (χ4v) is 2.96. The normalized spacial score (nSPS) is 12.9. The van der Waals surface area contributed by atoms with Crippen LogP contribution in [0.15, 0.2) is 0 Å². The Morgan fingerprint density at radius 2 is 1.71 bits per heavy atom. The van der Waals surface area contributed by atoms with Crippen LogP contribution in [0.5, 0.6) is 0 Å². The van der Waals surface area contributed by atoms with Gasteiger partial charge in [-0.25, -0.2) is 8.42 Å². The van der Waals surface area contributed by atoms with Crippen LogP contribution >= 0.6 is 0 Å². The maximum absolute atomic E-state index is 11.6. The van der Waals surface area contributed by atoms with Crippen molar-refractivity contribution in [1.29, 1.82) is 0 Å². The molecule has 0 saturated heterocycles. The zero-order valence-corrected chi connectivity index (χ0v) is 12.2. The Morgan fingerprint density at radius 1 is 1.12 bits per heavy atom. The van der Waals surface area contributed by atoms with Gasteiger partial charge in [0, 0.05) is 13.7 Å². The van der Waals surface area contributed by atoms with Crippen LogP contribution in [-0.2, 0) is 14.6 Å². The number of sulfone groups is 1. The van der Waals surface area contributed by atoms with E-state index in [-0.39, 0.29) is 16.9 Å². The van der Waals surface area contributed by atoms with E-state index in [2.05, 4.69) is 13.8 Å². The average Bonchev–Trinajstić information content (AvgIpc) is 2.25. The summed E-state index contributed by atoms with van der Waals surface area (Å²) in [5, 5.41) is 0. The summed E-state index contributed by atoms with van der Waals surface area (Å²) in [7, 11) is -1.30.